The molecule has 0 atom stereocenters. The fourth-order valence-electron chi connectivity index (χ4n) is 3.13. The van der Waals surface area contributed by atoms with Crippen molar-refractivity contribution in [3.63, 3.8) is 0 Å². The zero-order valence-corrected chi connectivity index (χ0v) is 17.5. The molecule has 1 N–H and O–H groups in total. The Morgan fingerprint density at radius 3 is 2.63 bits per heavy atom. The minimum atomic E-state index is -3.86. The largest absolute Gasteiger partial charge is 0.420 e. The smallest absolute Gasteiger partial charge is 0.408 e. The van der Waals surface area contributed by atoms with E-state index in [9.17, 15) is 13.2 Å². The Labute approximate surface area is 172 Å². The second-order valence-electron chi connectivity index (χ2n) is 6.97. The van der Waals surface area contributed by atoms with Crippen LogP contribution in [0.15, 0.2) is 55.0 Å². The Hall–Kier alpha value is -3.40. The molecule has 156 valence electrons. The number of sulfonamides is 1. The summed E-state index contributed by atoms with van der Waals surface area (Å²) in [6, 6.07) is 9.71. The number of oxazole rings is 1. The van der Waals surface area contributed by atoms with Crippen LogP contribution in [0.25, 0.3) is 11.1 Å². The molecular weight excluding hydrogens is 408 g/mol. The first kappa shape index (κ1) is 19.9. The Morgan fingerprint density at radius 2 is 1.93 bits per heavy atom. The van der Waals surface area contributed by atoms with E-state index in [-0.39, 0.29) is 17.0 Å². The number of rotatable bonds is 6. The molecule has 4 aromatic rings. The Kier molecular flexibility index (Phi) is 4.94. The van der Waals surface area contributed by atoms with Crippen LogP contribution in [-0.4, -0.2) is 23.1 Å². The molecule has 2 heterocycles. The highest BCUT2D eigenvalue weighted by molar-refractivity contribution is 7.92. The van der Waals surface area contributed by atoms with Gasteiger partial charge >= 0.3 is 5.76 Å². The molecule has 9 nitrogen and oxygen atoms in total. The Bertz CT molecular complexity index is 1400. The summed E-state index contributed by atoms with van der Waals surface area (Å²) in [4.78, 5) is 16.5. The molecule has 0 radical (unpaired) electrons. The minimum absolute atomic E-state index is 0.0105. The number of hydrogen-bond donors (Lipinski definition) is 1. The molecule has 0 unspecified atom stereocenters. The van der Waals surface area contributed by atoms with Gasteiger partial charge in [-0.2, -0.15) is 4.98 Å². The first-order chi connectivity index (χ1) is 14.3. The predicted molar refractivity (Wildman–Crippen MR) is 110 cm³/mol. The van der Waals surface area contributed by atoms with Crippen LogP contribution in [0.4, 0.5) is 5.69 Å². The first-order valence-electron chi connectivity index (χ1n) is 9.32. The fourth-order valence-corrected chi connectivity index (χ4v) is 4.28. The summed E-state index contributed by atoms with van der Waals surface area (Å²) in [6.45, 7) is 5.70. The lowest BCUT2D eigenvalue weighted by molar-refractivity contribution is 0.375. The van der Waals surface area contributed by atoms with E-state index in [4.69, 9.17) is 8.94 Å². The lowest BCUT2D eigenvalue weighted by Gasteiger charge is -2.11. The zero-order valence-electron chi connectivity index (χ0n) is 16.7. The molecule has 2 aromatic heterocycles. The lowest BCUT2D eigenvalue weighted by atomic mass is 10.1. The quantitative estimate of drug-likeness (QED) is 0.501. The van der Waals surface area contributed by atoms with Crippen molar-refractivity contribution >= 4 is 26.8 Å². The van der Waals surface area contributed by atoms with E-state index in [0.717, 1.165) is 11.1 Å². The molecule has 0 aliphatic rings. The van der Waals surface area contributed by atoms with Crippen molar-refractivity contribution in [3.8, 4) is 0 Å². The summed E-state index contributed by atoms with van der Waals surface area (Å²) in [5, 5.41) is 3.83. The Balaban J connectivity index is 1.67. The van der Waals surface area contributed by atoms with Crippen LogP contribution in [-0.2, 0) is 23.0 Å². The molecular formula is C20H20N4O5S. The third-order valence-corrected chi connectivity index (χ3v) is 6.05. The van der Waals surface area contributed by atoms with E-state index in [1.54, 1.807) is 6.07 Å². The van der Waals surface area contributed by atoms with Crippen molar-refractivity contribution in [1.82, 2.24) is 14.7 Å². The van der Waals surface area contributed by atoms with Crippen molar-refractivity contribution in [3.05, 3.63) is 69.8 Å². The lowest BCUT2D eigenvalue weighted by Crippen LogP contribution is -2.16. The number of benzene rings is 2. The van der Waals surface area contributed by atoms with Gasteiger partial charge in [-0.1, -0.05) is 29.8 Å². The maximum atomic E-state index is 12.8. The zero-order chi connectivity index (χ0) is 21.5. The van der Waals surface area contributed by atoms with Gasteiger partial charge in [0.2, 0.25) is 5.89 Å². The third kappa shape index (κ3) is 3.73. The van der Waals surface area contributed by atoms with Crippen LogP contribution < -0.4 is 10.5 Å². The third-order valence-electron chi connectivity index (χ3n) is 4.69. The van der Waals surface area contributed by atoms with Crippen molar-refractivity contribution in [2.24, 2.45) is 0 Å². The SMILES string of the molecule is CCc1nc(Cn2c(=O)oc3cc(S(=O)(=O)Nc4ccc(C)cc4C)ccc32)no1. The molecule has 0 fully saturated rings. The molecule has 2 aromatic carbocycles. The molecule has 4 rings (SSSR count). The standard InChI is InChI=1S/C20H20N4O5S/c1-4-19-21-18(22-29-19)11-24-16-8-6-14(10-17(16)28-20(24)25)30(26,27)23-15-7-5-12(2)9-13(15)3/h5-10,23H,4,11H2,1-3H3. The van der Waals surface area contributed by atoms with Crippen LogP contribution >= 0.6 is 0 Å². The Morgan fingerprint density at radius 1 is 1.13 bits per heavy atom. The minimum Gasteiger partial charge on any atom is -0.408 e. The molecule has 0 saturated heterocycles. The number of fused-ring (bicyclic) bond motifs is 1. The topological polar surface area (TPSA) is 120 Å². The van der Waals surface area contributed by atoms with Crippen LogP contribution in [0.5, 0.6) is 0 Å². The highest BCUT2D eigenvalue weighted by atomic mass is 32.2. The number of aromatic nitrogens is 3. The number of hydrogen-bond acceptors (Lipinski definition) is 7. The summed E-state index contributed by atoms with van der Waals surface area (Å²) in [6.07, 6.45) is 0.586. The van der Waals surface area contributed by atoms with Gasteiger partial charge in [-0.3, -0.25) is 9.29 Å². The van der Waals surface area contributed by atoms with Gasteiger partial charge in [0, 0.05) is 12.5 Å². The summed E-state index contributed by atoms with van der Waals surface area (Å²) < 4.78 is 39.9. The van der Waals surface area contributed by atoms with Crippen LogP contribution in [0, 0.1) is 13.8 Å². The summed E-state index contributed by atoms with van der Waals surface area (Å²) in [5.41, 5.74) is 2.93. The van der Waals surface area contributed by atoms with E-state index in [1.165, 1.54) is 22.8 Å². The van der Waals surface area contributed by atoms with Crippen molar-refractivity contribution < 1.29 is 17.4 Å². The van der Waals surface area contributed by atoms with Crippen LogP contribution in [0.2, 0.25) is 0 Å². The molecule has 0 spiro atoms. The predicted octanol–water partition coefficient (Wildman–Crippen LogP) is 3.01. The van der Waals surface area contributed by atoms with E-state index < -0.39 is 15.8 Å². The highest BCUT2D eigenvalue weighted by Gasteiger charge is 2.19. The monoisotopic (exact) mass is 428 g/mol. The van der Waals surface area contributed by atoms with E-state index >= 15 is 0 Å². The van der Waals surface area contributed by atoms with Crippen molar-refractivity contribution in [1.29, 1.82) is 0 Å². The fraction of sp³-hybridized carbons (Fsp3) is 0.250. The maximum absolute atomic E-state index is 12.8. The number of aryl methyl sites for hydroxylation is 3. The van der Waals surface area contributed by atoms with Crippen molar-refractivity contribution in [2.45, 2.75) is 38.6 Å². The summed E-state index contributed by atoms with van der Waals surface area (Å²) in [7, 11) is -3.86. The first-order valence-corrected chi connectivity index (χ1v) is 10.8. The molecule has 0 aliphatic heterocycles. The molecule has 10 heteroatoms. The number of nitrogens with zero attached hydrogens (tertiary/aromatic N) is 3. The van der Waals surface area contributed by atoms with Gasteiger partial charge < -0.3 is 8.94 Å². The van der Waals surface area contributed by atoms with Crippen LogP contribution in [0.1, 0.15) is 29.8 Å². The molecule has 0 amide bonds. The second-order valence-corrected chi connectivity index (χ2v) is 8.65. The molecule has 30 heavy (non-hydrogen) atoms. The highest BCUT2D eigenvalue weighted by Crippen LogP contribution is 2.23. The molecule has 0 saturated carbocycles. The van der Waals surface area contributed by atoms with Gasteiger partial charge in [0.15, 0.2) is 11.4 Å². The van der Waals surface area contributed by atoms with Crippen molar-refractivity contribution in [2.75, 3.05) is 4.72 Å². The average molecular weight is 428 g/mol. The van der Waals surface area contributed by atoms with E-state index in [1.807, 2.05) is 32.9 Å². The van der Waals surface area contributed by atoms with Crippen LogP contribution in [0.3, 0.4) is 0 Å². The normalized spacial score (nSPS) is 11.8. The van der Waals surface area contributed by atoms with Gasteiger partial charge in [0.05, 0.1) is 22.6 Å². The second kappa shape index (κ2) is 7.45. The van der Waals surface area contributed by atoms with E-state index in [0.29, 0.717) is 29.3 Å². The number of anilines is 1. The van der Waals surface area contributed by atoms with Gasteiger partial charge in [-0.25, -0.2) is 13.2 Å². The average Bonchev–Trinajstić information content (AvgIpc) is 3.28. The van der Waals surface area contributed by atoms with Gasteiger partial charge in [-0.05, 0) is 37.6 Å². The summed E-state index contributed by atoms with van der Waals surface area (Å²) >= 11 is 0. The molecule has 0 bridgehead atoms. The maximum Gasteiger partial charge on any atom is 0.420 e. The van der Waals surface area contributed by atoms with Gasteiger partial charge in [0.25, 0.3) is 10.0 Å². The summed E-state index contributed by atoms with van der Waals surface area (Å²) in [5.74, 6) is 0.172. The van der Waals surface area contributed by atoms with Gasteiger partial charge in [-0.15, -0.1) is 0 Å². The number of nitrogens with one attached hydrogen (secondary N) is 1. The molecule has 0 aliphatic carbocycles. The van der Waals surface area contributed by atoms with Gasteiger partial charge in [0.1, 0.15) is 0 Å². The van der Waals surface area contributed by atoms with E-state index in [2.05, 4.69) is 14.9 Å².